The zero-order valence-electron chi connectivity index (χ0n) is 13.9. The van der Waals surface area contributed by atoms with E-state index in [9.17, 15) is 4.79 Å². The molecule has 1 saturated carbocycles. The third-order valence-corrected chi connectivity index (χ3v) is 4.73. The van der Waals surface area contributed by atoms with Gasteiger partial charge >= 0.3 is 5.97 Å². The fourth-order valence-corrected chi connectivity index (χ4v) is 3.47. The van der Waals surface area contributed by atoms with Crippen molar-refractivity contribution in [1.29, 1.82) is 0 Å². The Morgan fingerprint density at radius 3 is 2.74 bits per heavy atom. The monoisotopic (exact) mass is 317 g/mol. The molecule has 0 aromatic carbocycles. The second-order valence-electron chi connectivity index (χ2n) is 5.96. The summed E-state index contributed by atoms with van der Waals surface area (Å²) < 4.78 is 6.78. The first-order chi connectivity index (χ1) is 11.2. The van der Waals surface area contributed by atoms with Crippen molar-refractivity contribution in [1.82, 2.24) is 19.6 Å². The topological polar surface area (TPSA) is 81.4 Å². The Kier molecular flexibility index (Phi) is 4.45. The van der Waals surface area contributed by atoms with Gasteiger partial charge in [0.2, 0.25) is 0 Å². The second-order valence-corrected chi connectivity index (χ2v) is 5.96. The SMILES string of the molecule is CCc1nc([C@H]2CC[C@H](C(=O)OC)CC2)n2ncnc(NC)c12. The summed E-state index contributed by atoms with van der Waals surface area (Å²) in [5.41, 5.74) is 1.97. The number of nitrogens with zero attached hydrogens (tertiary/aromatic N) is 4. The van der Waals surface area contributed by atoms with E-state index in [2.05, 4.69) is 22.3 Å². The van der Waals surface area contributed by atoms with E-state index in [4.69, 9.17) is 9.72 Å². The Morgan fingerprint density at radius 2 is 2.13 bits per heavy atom. The highest BCUT2D eigenvalue weighted by Crippen LogP contribution is 2.36. The van der Waals surface area contributed by atoms with Gasteiger partial charge in [-0.05, 0) is 32.1 Å². The summed E-state index contributed by atoms with van der Waals surface area (Å²) in [5.74, 6) is 2.04. The number of hydrogen-bond donors (Lipinski definition) is 1. The van der Waals surface area contributed by atoms with Gasteiger partial charge in [-0.25, -0.2) is 14.5 Å². The van der Waals surface area contributed by atoms with Crippen molar-refractivity contribution >= 4 is 17.3 Å². The molecule has 23 heavy (non-hydrogen) atoms. The number of methoxy groups -OCH3 is 1. The van der Waals surface area contributed by atoms with Crippen LogP contribution in [0.3, 0.4) is 0 Å². The summed E-state index contributed by atoms with van der Waals surface area (Å²) in [4.78, 5) is 20.8. The lowest BCUT2D eigenvalue weighted by molar-refractivity contribution is -0.146. The van der Waals surface area contributed by atoms with E-state index in [1.807, 2.05) is 11.6 Å². The molecule has 7 nitrogen and oxygen atoms in total. The van der Waals surface area contributed by atoms with Gasteiger partial charge in [-0.1, -0.05) is 6.92 Å². The number of nitrogens with one attached hydrogen (secondary N) is 1. The summed E-state index contributed by atoms with van der Waals surface area (Å²) in [6.07, 6.45) is 5.95. The van der Waals surface area contributed by atoms with E-state index < -0.39 is 0 Å². The van der Waals surface area contributed by atoms with Crippen molar-refractivity contribution in [3.63, 3.8) is 0 Å². The lowest BCUT2D eigenvalue weighted by Crippen LogP contribution is -2.23. The van der Waals surface area contributed by atoms with Gasteiger partial charge in [0, 0.05) is 13.0 Å². The number of fused-ring (bicyclic) bond motifs is 1. The molecule has 2 aromatic heterocycles. The highest BCUT2D eigenvalue weighted by Gasteiger charge is 2.30. The Balaban J connectivity index is 1.91. The summed E-state index contributed by atoms with van der Waals surface area (Å²) in [6, 6.07) is 0. The van der Waals surface area contributed by atoms with Crippen LogP contribution < -0.4 is 5.32 Å². The minimum Gasteiger partial charge on any atom is -0.469 e. The van der Waals surface area contributed by atoms with Crippen molar-refractivity contribution in [2.24, 2.45) is 5.92 Å². The maximum Gasteiger partial charge on any atom is 0.308 e. The molecule has 1 fully saturated rings. The van der Waals surface area contributed by atoms with Crippen LogP contribution in [0.25, 0.3) is 5.52 Å². The molecule has 0 aliphatic heterocycles. The van der Waals surface area contributed by atoms with Gasteiger partial charge < -0.3 is 10.1 Å². The average Bonchev–Trinajstić information content (AvgIpc) is 3.00. The zero-order valence-corrected chi connectivity index (χ0v) is 13.9. The highest BCUT2D eigenvalue weighted by atomic mass is 16.5. The number of esters is 1. The minimum absolute atomic E-state index is 0.0237. The molecule has 0 bridgehead atoms. The molecule has 2 heterocycles. The van der Waals surface area contributed by atoms with Crippen molar-refractivity contribution in [3.05, 3.63) is 17.8 Å². The van der Waals surface area contributed by atoms with E-state index in [0.29, 0.717) is 5.92 Å². The van der Waals surface area contributed by atoms with Gasteiger partial charge in [0.1, 0.15) is 17.7 Å². The number of carbonyl (C=O) groups excluding carboxylic acids is 1. The van der Waals surface area contributed by atoms with E-state index in [0.717, 1.165) is 55.0 Å². The van der Waals surface area contributed by atoms with Crippen LogP contribution >= 0.6 is 0 Å². The Morgan fingerprint density at radius 1 is 1.39 bits per heavy atom. The summed E-state index contributed by atoms with van der Waals surface area (Å²) in [5, 5.41) is 7.53. The van der Waals surface area contributed by atoms with E-state index in [-0.39, 0.29) is 11.9 Å². The molecule has 124 valence electrons. The first-order valence-electron chi connectivity index (χ1n) is 8.17. The standard InChI is InChI=1S/C16H23N5O2/c1-4-12-13-14(17-2)18-9-19-21(13)15(20-12)10-5-7-11(8-6-10)16(22)23-3/h9-11H,4-8H2,1-3H3,(H,17,18,19)/t10-,11-. The van der Waals surface area contributed by atoms with Crippen LogP contribution in [0.15, 0.2) is 6.33 Å². The molecular formula is C16H23N5O2. The molecule has 0 radical (unpaired) electrons. The smallest absolute Gasteiger partial charge is 0.308 e. The Hall–Kier alpha value is -2.18. The Bertz CT molecular complexity index is 704. The van der Waals surface area contributed by atoms with Gasteiger partial charge in [0.15, 0.2) is 5.82 Å². The lowest BCUT2D eigenvalue weighted by Gasteiger charge is -2.25. The number of aromatic nitrogens is 4. The van der Waals surface area contributed by atoms with Crippen LogP contribution in [0.1, 0.15) is 50.0 Å². The second kappa shape index (κ2) is 6.52. The largest absolute Gasteiger partial charge is 0.469 e. The summed E-state index contributed by atoms with van der Waals surface area (Å²) in [6.45, 7) is 2.09. The number of rotatable bonds is 4. The highest BCUT2D eigenvalue weighted by molar-refractivity contribution is 5.72. The van der Waals surface area contributed by atoms with Gasteiger partial charge in [0.05, 0.1) is 18.7 Å². The first-order valence-corrected chi connectivity index (χ1v) is 8.17. The number of hydrogen-bond acceptors (Lipinski definition) is 6. The minimum atomic E-state index is -0.0922. The van der Waals surface area contributed by atoms with Crippen LogP contribution in [0.5, 0.6) is 0 Å². The molecule has 0 spiro atoms. The van der Waals surface area contributed by atoms with Crippen molar-refractivity contribution in [2.45, 2.75) is 44.9 Å². The summed E-state index contributed by atoms with van der Waals surface area (Å²) in [7, 11) is 3.32. The van der Waals surface area contributed by atoms with Crippen LogP contribution in [-0.4, -0.2) is 39.7 Å². The first kappa shape index (κ1) is 15.7. The van der Waals surface area contributed by atoms with Crippen LogP contribution in [0.4, 0.5) is 5.82 Å². The maximum atomic E-state index is 11.7. The molecule has 1 aliphatic carbocycles. The predicted octanol–water partition coefficient (Wildman–Crippen LogP) is 2.18. The molecule has 3 rings (SSSR count). The number of anilines is 1. The number of carbonyl (C=O) groups is 1. The van der Waals surface area contributed by atoms with Gasteiger partial charge in [-0.3, -0.25) is 4.79 Å². The molecule has 0 atom stereocenters. The van der Waals surface area contributed by atoms with Crippen LogP contribution in [-0.2, 0) is 16.0 Å². The number of imidazole rings is 1. The van der Waals surface area contributed by atoms with Crippen molar-refractivity contribution in [3.8, 4) is 0 Å². The third-order valence-electron chi connectivity index (χ3n) is 4.73. The van der Waals surface area contributed by atoms with Crippen molar-refractivity contribution < 1.29 is 9.53 Å². The normalized spacial score (nSPS) is 21.3. The fraction of sp³-hybridized carbons (Fsp3) is 0.625. The zero-order chi connectivity index (χ0) is 16.4. The molecule has 0 saturated heterocycles. The quantitative estimate of drug-likeness (QED) is 0.870. The van der Waals surface area contributed by atoms with Crippen molar-refractivity contribution in [2.75, 3.05) is 19.5 Å². The van der Waals surface area contributed by atoms with Crippen LogP contribution in [0.2, 0.25) is 0 Å². The predicted molar refractivity (Wildman–Crippen MR) is 86.4 cm³/mol. The maximum absolute atomic E-state index is 11.7. The molecule has 1 N–H and O–H groups in total. The van der Waals surface area contributed by atoms with Gasteiger partial charge in [-0.2, -0.15) is 5.10 Å². The molecule has 0 amide bonds. The van der Waals surface area contributed by atoms with E-state index >= 15 is 0 Å². The number of ether oxygens (including phenoxy) is 1. The van der Waals surface area contributed by atoms with Crippen LogP contribution in [0, 0.1) is 5.92 Å². The molecule has 1 aliphatic rings. The molecular weight excluding hydrogens is 294 g/mol. The van der Waals surface area contributed by atoms with E-state index in [1.165, 1.54) is 7.11 Å². The fourth-order valence-electron chi connectivity index (χ4n) is 3.47. The lowest BCUT2D eigenvalue weighted by atomic mass is 9.81. The van der Waals surface area contributed by atoms with Gasteiger partial charge in [-0.15, -0.1) is 0 Å². The molecule has 0 unspecified atom stereocenters. The Labute approximate surface area is 135 Å². The molecule has 7 heteroatoms. The van der Waals surface area contributed by atoms with E-state index in [1.54, 1.807) is 6.33 Å². The molecule has 2 aromatic rings. The van der Waals surface area contributed by atoms with Gasteiger partial charge in [0.25, 0.3) is 0 Å². The summed E-state index contributed by atoms with van der Waals surface area (Å²) >= 11 is 0. The average molecular weight is 317 g/mol. The third kappa shape index (κ3) is 2.75. The number of aryl methyl sites for hydroxylation is 1.